The molecule has 0 atom stereocenters. The summed E-state index contributed by atoms with van der Waals surface area (Å²) in [5, 5.41) is 4.39. The minimum absolute atomic E-state index is 0.0684. The lowest BCUT2D eigenvalue weighted by molar-refractivity contribution is 0.374. The molecule has 0 aliphatic rings. The summed E-state index contributed by atoms with van der Waals surface area (Å²) >= 11 is 5.79. The summed E-state index contributed by atoms with van der Waals surface area (Å²) in [4.78, 5) is 4.11. The monoisotopic (exact) mass is 316 g/mol. The number of benzene rings is 1. The molecule has 0 unspecified atom stereocenters. The number of hydrogen-bond acceptors (Lipinski definition) is 5. The second-order valence-electron chi connectivity index (χ2n) is 4.13. The number of nitrogens with one attached hydrogen (secondary N) is 1. The fourth-order valence-electron chi connectivity index (χ4n) is 1.32. The fourth-order valence-corrected chi connectivity index (χ4v) is 2.01. The zero-order valence-electron chi connectivity index (χ0n) is 10.9. The van der Waals surface area contributed by atoms with Crippen molar-refractivity contribution in [3.63, 3.8) is 0 Å². The van der Waals surface area contributed by atoms with Gasteiger partial charge in [-0.15, -0.1) is 0 Å². The Morgan fingerprint density at radius 3 is 2.55 bits per heavy atom. The van der Waals surface area contributed by atoms with Gasteiger partial charge < -0.3 is 4.52 Å². The molecule has 0 saturated heterocycles. The van der Waals surface area contributed by atoms with Gasteiger partial charge in [0, 0.05) is 24.7 Å². The summed E-state index contributed by atoms with van der Waals surface area (Å²) < 4.78 is 31.4. The molecule has 20 heavy (non-hydrogen) atoms. The van der Waals surface area contributed by atoms with E-state index >= 15 is 0 Å². The maximum atomic E-state index is 11.5. The molecule has 0 aliphatic carbocycles. The van der Waals surface area contributed by atoms with Gasteiger partial charge in [0.05, 0.1) is 6.54 Å². The van der Waals surface area contributed by atoms with Crippen molar-refractivity contribution in [1.29, 1.82) is 0 Å². The van der Waals surface area contributed by atoms with Crippen LogP contribution in [-0.4, -0.2) is 37.0 Å². The largest absolute Gasteiger partial charge is 0.338 e. The molecule has 2 aromatic rings. The molecular formula is C11H13ClN4O3S. The van der Waals surface area contributed by atoms with E-state index in [0.717, 1.165) is 9.87 Å². The van der Waals surface area contributed by atoms with Crippen LogP contribution in [0.1, 0.15) is 5.89 Å². The summed E-state index contributed by atoms with van der Waals surface area (Å²) in [5.41, 5.74) is 0.736. The Morgan fingerprint density at radius 1 is 1.30 bits per heavy atom. The molecule has 0 fully saturated rings. The molecule has 0 aliphatic heterocycles. The molecule has 0 bridgehead atoms. The Balaban J connectivity index is 2.08. The molecule has 1 aromatic carbocycles. The summed E-state index contributed by atoms with van der Waals surface area (Å²) in [6, 6.07) is 6.92. The Morgan fingerprint density at radius 2 is 1.95 bits per heavy atom. The van der Waals surface area contributed by atoms with Crippen molar-refractivity contribution in [3.8, 4) is 11.4 Å². The molecule has 1 N–H and O–H groups in total. The average molecular weight is 317 g/mol. The van der Waals surface area contributed by atoms with E-state index in [4.69, 9.17) is 16.1 Å². The van der Waals surface area contributed by atoms with E-state index in [1.165, 1.54) is 14.1 Å². The van der Waals surface area contributed by atoms with Crippen LogP contribution in [0, 0.1) is 0 Å². The van der Waals surface area contributed by atoms with Crippen LogP contribution < -0.4 is 4.72 Å². The highest BCUT2D eigenvalue weighted by Crippen LogP contribution is 2.18. The smallest absolute Gasteiger partial charge is 0.279 e. The van der Waals surface area contributed by atoms with Crippen LogP contribution in [0.2, 0.25) is 5.02 Å². The van der Waals surface area contributed by atoms with Gasteiger partial charge in [0.1, 0.15) is 0 Å². The van der Waals surface area contributed by atoms with E-state index in [-0.39, 0.29) is 12.4 Å². The first-order valence-electron chi connectivity index (χ1n) is 5.64. The fraction of sp³-hybridized carbons (Fsp3) is 0.273. The topological polar surface area (TPSA) is 88.3 Å². The first kappa shape index (κ1) is 14.9. The van der Waals surface area contributed by atoms with Crippen LogP contribution >= 0.6 is 11.6 Å². The van der Waals surface area contributed by atoms with Gasteiger partial charge in [0.15, 0.2) is 0 Å². The molecule has 0 spiro atoms. The van der Waals surface area contributed by atoms with E-state index in [1.54, 1.807) is 24.3 Å². The minimum Gasteiger partial charge on any atom is -0.338 e. The normalized spacial score (nSPS) is 12.0. The molecule has 108 valence electrons. The third kappa shape index (κ3) is 3.54. The number of aromatic nitrogens is 2. The van der Waals surface area contributed by atoms with Gasteiger partial charge in [-0.3, -0.25) is 0 Å². The van der Waals surface area contributed by atoms with Crippen molar-refractivity contribution in [1.82, 2.24) is 19.2 Å². The van der Waals surface area contributed by atoms with Gasteiger partial charge in [0.25, 0.3) is 10.2 Å². The van der Waals surface area contributed by atoms with E-state index in [0.29, 0.717) is 10.8 Å². The first-order chi connectivity index (χ1) is 9.38. The highest BCUT2D eigenvalue weighted by atomic mass is 35.5. The standard InChI is InChI=1S/C11H13ClN4O3S/c1-16(2)20(17,18)13-7-10-14-11(15-19-10)8-3-5-9(12)6-4-8/h3-6,13H,7H2,1-2H3. The molecule has 0 radical (unpaired) electrons. The molecule has 1 aromatic heterocycles. The van der Waals surface area contributed by atoms with Gasteiger partial charge in [-0.1, -0.05) is 16.8 Å². The lowest BCUT2D eigenvalue weighted by atomic mass is 10.2. The summed E-state index contributed by atoms with van der Waals surface area (Å²) in [5.74, 6) is 0.557. The predicted octanol–water partition coefficient (Wildman–Crippen LogP) is 1.29. The Labute approximate surface area is 121 Å². The molecule has 1 heterocycles. The van der Waals surface area contributed by atoms with Gasteiger partial charge in [-0.2, -0.15) is 22.4 Å². The molecule has 9 heteroatoms. The second-order valence-corrected chi connectivity index (χ2v) is 6.53. The van der Waals surface area contributed by atoms with Crippen molar-refractivity contribution in [2.45, 2.75) is 6.54 Å². The maximum absolute atomic E-state index is 11.5. The lowest BCUT2D eigenvalue weighted by Gasteiger charge is -2.10. The number of rotatable bonds is 5. The van der Waals surface area contributed by atoms with Crippen molar-refractivity contribution in [2.24, 2.45) is 0 Å². The third-order valence-corrected chi connectivity index (χ3v) is 4.18. The predicted molar refractivity (Wildman–Crippen MR) is 74.2 cm³/mol. The van der Waals surface area contributed by atoms with E-state index < -0.39 is 10.2 Å². The maximum Gasteiger partial charge on any atom is 0.279 e. The van der Waals surface area contributed by atoms with Crippen LogP contribution in [0.3, 0.4) is 0 Å². The lowest BCUT2D eigenvalue weighted by Crippen LogP contribution is -2.35. The van der Waals surface area contributed by atoms with Gasteiger partial charge >= 0.3 is 0 Å². The molecule has 0 saturated carbocycles. The molecule has 7 nitrogen and oxygen atoms in total. The van der Waals surface area contributed by atoms with Crippen LogP contribution in [0.25, 0.3) is 11.4 Å². The van der Waals surface area contributed by atoms with Crippen LogP contribution in [-0.2, 0) is 16.8 Å². The zero-order chi connectivity index (χ0) is 14.8. The van der Waals surface area contributed by atoms with Crippen molar-refractivity contribution in [3.05, 3.63) is 35.2 Å². The van der Waals surface area contributed by atoms with Crippen molar-refractivity contribution in [2.75, 3.05) is 14.1 Å². The first-order valence-corrected chi connectivity index (χ1v) is 7.46. The van der Waals surface area contributed by atoms with Gasteiger partial charge in [-0.05, 0) is 24.3 Å². The Bertz CT molecular complexity index is 682. The van der Waals surface area contributed by atoms with E-state index in [9.17, 15) is 8.42 Å². The third-order valence-electron chi connectivity index (χ3n) is 2.46. The number of nitrogens with zero attached hydrogens (tertiary/aromatic N) is 3. The van der Waals surface area contributed by atoms with Gasteiger partial charge in [-0.25, -0.2) is 0 Å². The summed E-state index contributed by atoms with van der Waals surface area (Å²) in [7, 11) is -0.668. The van der Waals surface area contributed by atoms with Crippen molar-refractivity contribution < 1.29 is 12.9 Å². The highest BCUT2D eigenvalue weighted by Gasteiger charge is 2.15. The molecular weight excluding hydrogens is 304 g/mol. The SMILES string of the molecule is CN(C)S(=O)(=O)NCc1nc(-c2ccc(Cl)cc2)no1. The summed E-state index contributed by atoms with van der Waals surface area (Å²) in [6.07, 6.45) is 0. The second kappa shape index (κ2) is 5.88. The minimum atomic E-state index is -3.52. The highest BCUT2D eigenvalue weighted by molar-refractivity contribution is 7.87. The van der Waals surface area contributed by atoms with Crippen LogP contribution in [0.5, 0.6) is 0 Å². The average Bonchev–Trinajstić information content (AvgIpc) is 2.86. The quantitative estimate of drug-likeness (QED) is 0.898. The van der Waals surface area contributed by atoms with Crippen LogP contribution in [0.15, 0.2) is 28.8 Å². The number of hydrogen-bond donors (Lipinski definition) is 1. The molecule has 2 rings (SSSR count). The van der Waals surface area contributed by atoms with Crippen LogP contribution in [0.4, 0.5) is 0 Å². The van der Waals surface area contributed by atoms with Crippen molar-refractivity contribution >= 4 is 21.8 Å². The van der Waals surface area contributed by atoms with E-state index in [2.05, 4.69) is 14.9 Å². The molecule has 0 amide bonds. The number of halogens is 1. The van der Waals surface area contributed by atoms with Gasteiger partial charge in [0.2, 0.25) is 11.7 Å². The zero-order valence-corrected chi connectivity index (χ0v) is 12.4. The summed E-state index contributed by atoms with van der Waals surface area (Å²) in [6.45, 7) is -0.0684. The van der Waals surface area contributed by atoms with E-state index in [1.807, 2.05) is 0 Å². The Kier molecular flexibility index (Phi) is 4.39. The Hall–Kier alpha value is -1.48.